The van der Waals surface area contributed by atoms with Gasteiger partial charge in [-0.1, -0.05) is 0 Å². The molecule has 1 aliphatic rings. The zero-order valence-corrected chi connectivity index (χ0v) is 10.8. The first-order valence-electron chi connectivity index (χ1n) is 6.37. The third kappa shape index (κ3) is 3.09. The number of nitrogens with two attached hydrogens (primary N) is 1. The molecule has 1 saturated heterocycles. The van der Waals surface area contributed by atoms with Crippen molar-refractivity contribution in [3.05, 3.63) is 24.2 Å². The van der Waals surface area contributed by atoms with E-state index in [1.807, 2.05) is 12.1 Å². The molecule has 2 atom stereocenters. The van der Waals surface area contributed by atoms with Crippen LogP contribution in [0, 0.1) is 0 Å². The summed E-state index contributed by atoms with van der Waals surface area (Å²) in [4.78, 5) is 4.85. The summed E-state index contributed by atoms with van der Waals surface area (Å²) in [6.07, 6.45) is 2.92. The Morgan fingerprint density at radius 3 is 3.00 bits per heavy atom. The first-order valence-corrected chi connectivity index (χ1v) is 6.37. The molecule has 2 heterocycles. The highest BCUT2D eigenvalue weighted by Gasteiger charge is 2.26. The van der Waals surface area contributed by atoms with Gasteiger partial charge in [-0.2, -0.15) is 0 Å². The van der Waals surface area contributed by atoms with Crippen LogP contribution in [0.4, 0.5) is 0 Å². The number of likely N-dealkylation sites (N-methyl/N-ethyl adjacent to an activating group) is 1. The first kappa shape index (κ1) is 12.6. The van der Waals surface area contributed by atoms with Gasteiger partial charge < -0.3 is 15.1 Å². The van der Waals surface area contributed by atoms with Gasteiger partial charge in [0.25, 0.3) is 0 Å². The van der Waals surface area contributed by atoms with Gasteiger partial charge in [-0.25, -0.2) is 0 Å². The second-order valence-corrected chi connectivity index (χ2v) is 5.02. The third-order valence-corrected chi connectivity index (χ3v) is 3.81. The Kier molecular flexibility index (Phi) is 4.20. The lowest BCUT2D eigenvalue weighted by atomic mass is 10.2. The maximum atomic E-state index is 5.90. The summed E-state index contributed by atoms with van der Waals surface area (Å²) >= 11 is 0. The van der Waals surface area contributed by atoms with E-state index in [4.69, 9.17) is 10.2 Å². The van der Waals surface area contributed by atoms with Crippen molar-refractivity contribution in [2.75, 3.05) is 26.7 Å². The van der Waals surface area contributed by atoms with Crippen molar-refractivity contribution in [1.29, 1.82) is 0 Å². The monoisotopic (exact) mass is 237 g/mol. The van der Waals surface area contributed by atoms with Crippen molar-refractivity contribution in [2.45, 2.75) is 32.0 Å². The van der Waals surface area contributed by atoms with Crippen LogP contribution in [-0.4, -0.2) is 48.6 Å². The number of hydrogen-bond acceptors (Lipinski definition) is 4. The minimum atomic E-state index is 0.426. The molecule has 2 rings (SSSR count). The van der Waals surface area contributed by atoms with Crippen LogP contribution in [0.2, 0.25) is 0 Å². The molecule has 0 bridgehead atoms. The second kappa shape index (κ2) is 5.67. The molecule has 0 radical (unpaired) electrons. The highest BCUT2D eigenvalue weighted by atomic mass is 16.3. The minimum Gasteiger partial charge on any atom is -0.468 e. The van der Waals surface area contributed by atoms with E-state index in [9.17, 15) is 0 Å². The summed E-state index contributed by atoms with van der Waals surface area (Å²) in [5.41, 5.74) is 5.90. The zero-order chi connectivity index (χ0) is 12.3. The molecule has 0 spiro atoms. The van der Waals surface area contributed by atoms with Crippen molar-refractivity contribution < 1.29 is 4.42 Å². The SMILES string of the molecule is CC1CCN(Cc2ccco2)C(CN)CN1C. The molecule has 17 heavy (non-hydrogen) atoms. The van der Waals surface area contributed by atoms with Gasteiger partial charge in [0.15, 0.2) is 0 Å². The van der Waals surface area contributed by atoms with Gasteiger partial charge in [0.2, 0.25) is 0 Å². The molecule has 0 saturated carbocycles. The lowest BCUT2D eigenvalue weighted by Crippen LogP contribution is -2.45. The maximum absolute atomic E-state index is 5.90. The van der Waals surface area contributed by atoms with Crippen LogP contribution >= 0.6 is 0 Å². The van der Waals surface area contributed by atoms with Crippen LogP contribution in [0.3, 0.4) is 0 Å². The largest absolute Gasteiger partial charge is 0.468 e. The second-order valence-electron chi connectivity index (χ2n) is 5.02. The Hall–Kier alpha value is -0.840. The predicted molar refractivity (Wildman–Crippen MR) is 68.7 cm³/mol. The number of rotatable bonds is 3. The Morgan fingerprint density at radius 2 is 2.35 bits per heavy atom. The molecule has 1 aromatic rings. The van der Waals surface area contributed by atoms with Gasteiger partial charge in [-0.3, -0.25) is 4.90 Å². The van der Waals surface area contributed by atoms with E-state index in [0.717, 1.165) is 25.4 Å². The van der Waals surface area contributed by atoms with E-state index in [2.05, 4.69) is 23.8 Å². The average Bonchev–Trinajstić information content (AvgIpc) is 2.79. The lowest BCUT2D eigenvalue weighted by Gasteiger charge is -2.29. The quantitative estimate of drug-likeness (QED) is 0.856. The fraction of sp³-hybridized carbons (Fsp3) is 0.692. The topological polar surface area (TPSA) is 45.6 Å². The predicted octanol–water partition coefficient (Wildman–Crippen LogP) is 1.13. The summed E-state index contributed by atoms with van der Waals surface area (Å²) in [5, 5.41) is 0. The molecular weight excluding hydrogens is 214 g/mol. The molecule has 0 aliphatic carbocycles. The van der Waals surface area contributed by atoms with Crippen molar-refractivity contribution in [3.63, 3.8) is 0 Å². The third-order valence-electron chi connectivity index (χ3n) is 3.81. The molecule has 1 fully saturated rings. The molecule has 0 amide bonds. The van der Waals surface area contributed by atoms with E-state index < -0.39 is 0 Å². The molecular formula is C13H23N3O. The summed E-state index contributed by atoms with van der Waals surface area (Å²) in [5.74, 6) is 1.03. The van der Waals surface area contributed by atoms with E-state index in [1.54, 1.807) is 6.26 Å². The van der Waals surface area contributed by atoms with E-state index in [1.165, 1.54) is 6.42 Å². The standard InChI is InChI=1S/C13H23N3O/c1-11-5-6-16(10-13-4-3-7-17-13)12(8-14)9-15(11)2/h3-4,7,11-12H,5-6,8-10,14H2,1-2H3. The van der Waals surface area contributed by atoms with E-state index in [-0.39, 0.29) is 0 Å². The molecule has 2 N–H and O–H groups in total. The van der Waals surface area contributed by atoms with Gasteiger partial charge in [0.1, 0.15) is 5.76 Å². The highest BCUT2D eigenvalue weighted by Crippen LogP contribution is 2.16. The highest BCUT2D eigenvalue weighted by molar-refractivity contribution is 4.99. The van der Waals surface area contributed by atoms with Crippen LogP contribution in [0.25, 0.3) is 0 Å². The molecule has 0 aromatic carbocycles. The fourth-order valence-corrected chi connectivity index (χ4v) is 2.42. The molecule has 4 nitrogen and oxygen atoms in total. The summed E-state index contributed by atoms with van der Waals surface area (Å²) in [6, 6.07) is 5.03. The maximum Gasteiger partial charge on any atom is 0.117 e. The summed E-state index contributed by atoms with van der Waals surface area (Å²) in [7, 11) is 2.18. The number of nitrogens with zero attached hydrogens (tertiary/aromatic N) is 2. The average molecular weight is 237 g/mol. The molecule has 1 aromatic heterocycles. The number of hydrogen-bond donors (Lipinski definition) is 1. The zero-order valence-electron chi connectivity index (χ0n) is 10.8. The first-order chi connectivity index (χ1) is 8.20. The van der Waals surface area contributed by atoms with Crippen molar-refractivity contribution >= 4 is 0 Å². The van der Waals surface area contributed by atoms with Crippen LogP contribution < -0.4 is 5.73 Å². The van der Waals surface area contributed by atoms with E-state index in [0.29, 0.717) is 18.6 Å². The van der Waals surface area contributed by atoms with Gasteiger partial charge >= 0.3 is 0 Å². The van der Waals surface area contributed by atoms with Gasteiger partial charge in [-0.05, 0) is 32.5 Å². The minimum absolute atomic E-state index is 0.426. The Labute approximate surface area is 103 Å². The van der Waals surface area contributed by atoms with Crippen LogP contribution in [-0.2, 0) is 6.54 Å². The van der Waals surface area contributed by atoms with Gasteiger partial charge in [0, 0.05) is 31.7 Å². The Bertz CT molecular complexity index is 325. The van der Waals surface area contributed by atoms with Crippen molar-refractivity contribution in [2.24, 2.45) is 5.73 Å². The number of furan rings is 1. The molecule has 4 heteroatoms. The van der Waals surface area contributed by atoms with Gasteiger partial charge in [-0.15, -0.1) is 0 Å². The van der Waals surface area contributed by atoms with Crippen molar-refractivity contribution in [3.8, 4) is 0 Å². The van der Waals surface area contributed by atoms with Crippen LogP contribution in [0.1, 0.15) is 19.1 Å². The van der Waals surface area contributed by atoms with Crippen LogP contribution in [0.5, 0.6) is 0 Å². The lowest BCUT2D eigenvalue weighted by molar-refractivity contribution is 0.170. The van der Waals surface area contributed by atoms with E-state index >= 15 is 0 Å². The van der Waals surface area contributed by atoms with Crippen LogP contribution in [0.15, 0.2) is 22.8 Å². The molecule has 2 unspecified atom stereocenters. The molecule has 96 valence electrons. The molecule has 1 aliphatic heterocycles. The van der Waals surface area contributed by atoms with Gasteiger partial charge in [0.05, 0.1) is 12.8 Å². The fourth-order valence-electron chi connectivity index (χ4n) is 2.42. The summed E-state index contributed by atoms with van der Waals surface area (Å²) in [6.45, 7) is 5.99. The van der Waals surface area contributed by atoms with Crippen molar-refractivity contribution in [1.82, 2.24) is 9.80 Å². The summed E-state index contributed by atoms with van der Waals surface area (Å²) < 4.78 is 5.43. The Morgan fingerprint density at radius 1 is 1.53 bits per heavy atom. The normalized spacial score (nSPS) is 28.2. The Balaban J connectivity index is 2.03. The smallest absolute Gasteiger partial charge is 0.117 e.